The van der Waals surface area contributed by atoms with Gasteiger partial charge in [0, 0.05) is 41.5 Å². The normalized spacial score (nSPS) is 20.3. The number of cyclic esters (lactones) is 1. The Labute approximate surface area is 454 Å². The first-order chi connectivity index (χ1) is 38.1. The number of oxime groups is 1. The summed E-state index contributed by atoms with van der Waals surface area (Å²) in [7, 11) is 0. The molecule has 4 aromatic rings. The van der Waals surface area contributed by atoms with Gasteiger partial charge < -0.3 is 67.7 Å². The van der Waals surface area contributed by atoms with Crippen LogP contribution in [0.25, 0.3) is 22.3 Å². The number of aliphatic hydroxyl groups is 1. The van der Waals surface area contributed by atoms with Crippen LogP contribution in [0.15, 0.2) is 75.6 Å². The highest BCUT2D eigenvalue weighted by Crippen LogP contribution is 2.40. The van der Waals surface area contributed by atoms with Crippen LogP contribution in [-0.2, 0) is 73.1 Å². The number of benzene rings is 2. The average molecular weight is 1120 g/mol. The van der Waals surface area contributed by atoms with Crippen molar-refractivity contribution in [2.24, 2.45) is 21.6 Å². The van der Waals surface area contributed by atoms with Gasteiger partial charge in [0.1, 0.15) is 37.4 Å². The molecule has 1 fully saturated rings. The molecule has 5 heterocycles. The minimum absolute atomic E-state index is 0.00541. The van der Waals surface area contributed by atoms with E-state index in [1.54, 1.807) is 50.2 Å². The highest BCUT2D eigenvalue weighted by Gasteiger charge is 2.46. The predicted octanol–water partition coefficient (Wildman–Crippen LogP) is 0.125. The van der Waals surface area contributed by atoms with Crippen LogP contribution in [0, 0.1) is 0 Å². The molecule has 0 saturated carbocycles. The van der Waals surface area contributed by atoms with Crippen molar-refractivity contribution in [3.05, 3.63) is 98.8 Å². The lowest BCUT2D eigenvalue weighted by Crippen LogP contribution is -2.58. The molecule has 0 spiro atoms. The van der Waals surface area contributed by atoms with E-state index >= 15 is 0 Å². The van der Waals surface area contributed by atoms with Gasteiger partial charge in [0.2, 0.25) is 35.4 Å². The molecule has 5 atom stereocenters. The van der Waals surface area contributed by atoms with Crippen LogP contribution >= 0.6 is 0 Å². The molecule has 3 aliphatic heterocycles. The average Bonchev–Trinajstić information content (AvgIpc) is 4.05. The number of rotatable bonds is 17. The quantitative estimate of drug-likeness (QED) is 0.0194. The molecule has 6 amide bonds. The van der Waals surface area contributed by atoms with Crippen LogP contribution in [0.2, 0.25) is 0 Å². The molecular weight excluding hydrogens is 1060 g/mol. The van der Waals surface area contributed by atoms with E-state index in [1.165, 1.54) is 10.8 Å². The molecule has 0 unspecified atom stereocenters. The Morgan fingerprint density at radius 2 is 1.52 bits per heavy atom. The number of nitrogens with one attached hydrogen (secondary N) is 6. The third-order valence-corrected chi connectivity index (χ3v) is 13.2. The summed E-state index contributed by atoms with van der Waals surface area (Å²) in [4.78, 5) is 131. The van der Waals surface area contributed by atoms with Gasteiger partial charge in [-0.25, -0.2) is 14.6 Å². The second-order valence-corrected chi connectivity index (χ2v) is 18.7. The zero-order valence-corrected chi connectivity index (χ0v) is 43.5. The van der Waals surface area contributed by atoms with Crippen molar-refractivity contribution in [1.29, 1.82) is 0 Å². The number of aromatic nitrogens is 2. The zero-order chi connectivity index (χ0) is 58.3. The highest BCUT2D eigenvalue weighted by atomic mass is 19.4. The summed E-state index contributed by atoms with van der Waals surface area (Å²) < 4.78 is 38.5. The molecule has 2 aromatic heterocycles. The Morgan fingerprint density at radius 1 is 0.887 bits per heavy atom. The molecule has 7 rings (SSSR count). The van der Waals surface area contributed by atoms with Gasteiger partial charge in [0.25, 0.3) is 5.56 Å². The minimum atomic E-state index is -5.08. The van der Waals surface area contributed by atoms with E-state index < -0.39 is 95.4 Å². The highest BCUT2D eigenvalue weighted by molar-refractivity contribution is 6.02. The summed E-state index contributed by atoms with van der Waals surface area (Å²) in [6, 6.07) is 13.2. The fourth-order valence-corrected chi connectivity index (χ4v) is 8.95. The molecule has 0 bridgehead atoms. The second-order valence-electron chi connectivity index (χ2n) is 18.7. The molecule has 12 N–H and O–H groups in total. The predicted molar refractivity (Wildman–Crippen MR) is 280 cm³/mol. The summed E-state index contributed by atoms with van der Waals surface area (Å²) >= 11 is 0. The fraction of sp³-hybridized carbons (Fsp3) is 0.423. The van der Waals surface area contributed by atoms with Crippen molar-refractivity contribution in [2.75, 3.05) is 26.2 Å². The Balaban J connectivity index is 0.00000138. The van der Waals surface area contributed by atoms with E-state index in [0.717, 1.165) is 5.39 Å². The smallest absolute Gasteiger partial charge is 0.475 e. The minimum Gasteiger partial charge on any atom is -0.475 e. The number of ether oxygens (including phenoxy) is 1. The number of esters is 1. The lowest BCUT2D eigenvalue weighted by Gasteiger charge is -2.31. The Bertz CT molecular complexity index is 3110. The third kappa shape index (κ3) is 15.2. The summed E-state index contributed by atoms with van der Waals surface area (Å²) in [6.45, 7) is 2.84. The van der Waals surface area contributed by atoms with E-state index in [2.05, 4.69) is 42.0 Å². The lowest BCUT2D eigenvalue weighted by molar-refractivity contribution is -0.192. The molecule has 0 aliphatic carbocycles. The van der Waals surface area contributed by atoms with Gasteiger partial charge >= 0.3 is 18.1 Å². The number of amides is 6. The van der Waals surface area contributed by atoms with Crippen molar-refractivity contribution >= 4 is 70.5 Å². The first-order valence-electron chi connectivity index (χ1n) is 25.4. The molecule has 3 aliphatic rings. The maximum Gasteiger partial charge on any atom is 0.490 e. The van der Waals surface area contributed by atoms with Crippen molar-refractivity contribution in [2.45, 2.75) is 114 Å². The van der Waals surface area contributed by atoms with Gasteiger partial charge in [0.15, 0.2) is 11.6 Å². The number of para-hydroxylation sites is 1. The first-order valence-corrected chi connectivity index (χ1v) is 25.4. The number of hydrogen-bond donors (Lipinski definition) is 10. The number of halogens is 3. The first kappa shape index (κ1) is 60.3. The number of hydrogen-bond acceptors (Lipinski definition) is 15. The van der Waals surface area contributed by atoms with Gasteiger partial charge in [-0.3, -0.25) is 38.6 Å². The summed E-state index contributed by atoms with van der Waals surface area (Å²) in [5.41, 5.74) is 12.5. The largest absolute Gasteiger partial charge is 0.490 e. The Kier molecular flexibility index (Phi) is 20.4. The molecule has 80 heavy (non-hydrogen) atoms. The lowest BCUT2D eigenvalue weighted by atomic mass is 9.86. The Hall–Kier alpha value is -8.95. The van der Waals surface area contributed by atoms with Crippen molar-refractivity contribution in [3.8, 4) is 11.4 Å². The topological polar surface area (TPSA) is 379 Å². The molecular formula is C52H61F3N12O13. The van der Waals surface area contributed by atoms with Gasteiger partial charge in [-0.15, -0.1) is 0 Å². The summed E-state index contributed by atoms with van der Waals surface area (Å²) in [6.07, 6.45) is -3.05. The van der Waals surface area contributed by atoms with Crippen LogP contribution in [0.1, 0.15) is 86.6 Å². The van der Waals surface area contributed by atoms with Gasteiger partial charge in [-0.05, 0) is 56.2 Å². The zero-order valence-electron chi connectivity index (χ0n) is 43.5. The number of carboxylic acids is 1. The molecule has 428 valence electrons. The summed E-state index contributed by atoms with van der Waals surface area (Å²) in [5, 5.41) is 39.3. The van der Waals surface area contributed by atoms with Crippen LogP contribution < -0.4 is 48.9 Å². The number of nitrogens with two attached hydrogens (primary N) is 2. The number of nitrogens with zero attached hydrogens (tertiary/aromatic N) is 4. The van der Waals surface area contributed by atoms with E-state index in [4.69, 9.17) is 35.9 Å². The third-order valence-electron chi connectivity index (χ3n) is 13.2. The Morgan fingerprint density at radius 3 is 2.20 bits per heavy atom. The number of aliphatic imine (C=N–C) groups is 1. The number of guanidine groups is 1. The van der Waals surface area contributed by atoms with Crippen LogP contribution in [-0.4, -0.2) is 136 Å². The number of alkyl halides is 3. The van der Waals surface area contributed by atoms with Crippen LogP contribution in [0.5, 0.6) is 0 Å². The van der Waals surface area contributed by atoms with Gasteiger partial charge in [0.05, 0.1) is 48.3 Å². The maximum atomic E-state index is 14.1. The van der Waals surface area contributed by atoms with Gasteiger partial charge in [-0.2, -0.15) is 13.2 Å². The van der Waals surface area contributed by atoms with E-state index in [0.29, 0.717) is 33.6 Å². The molecule has 2 aromatic carbocycles. The monoisotopic (exact) mass is 1120 g/mol. The molecule has 0 radical (unpaired) electrons. The van der Waals surface area contributed by atoms with Crippen LogP contribution in [0.4, 0.5) is 13.2 Å². The second kappa shape index (κ2) is 27.1. The number of pyridine rings is 2. The molecule has 25 nitrogen and oxygen atoms in total. The summed E-state index contributed by atoms with van der Waals surface area (Å²) in [5.74, 6) is -7.57. The van der Waals surface area contributed by atoms with Crippen molar-refractivity contribution in [3.63, 3.8) is 0 Å². The van der Waals surface area contributed by atoms with E-state index in [9.17, 15) is 56.6 Å². The number of carbonyl (C=O) groups is 8. The number of fused-ring (bicyclic) bond motifs is 5. The fourth-order valence-electron chi connectivity index (χ4n) is 8.95. The molecule has 1 saturated heterocycles. The number of carboxylic acid groups (broad SMARTS) is 1. The van der Waals surface area contributed by atoms with Crippen LogP contribution in [0.3, 0.4) is 0 Å². The molecule has 28 heteroatoms. The maximum absolute atomic E-state index is 14.1. The number of aliphatic carboxylic acids is 1. The standard InChI is InChI=1S/C50H60N12O11.C2HF3O2/c1-3-34-44(66)61-38(22-28-12-6-5-7-13-28)46(68)60-37(45(67)59-36(17-11-19-54-49(51)52)43(65)55-25-41(64)57-34)16-10-18-40(63)53-20-21-73-56-24-30-29-14-8-9-15-35(29)58-42-31(30)26-62-39(42)23-33-32(47(62)69)27-72-48(70)50(33,71)4-2;3-2(4,5)1(6)7/h5-9,12-15,23-24,34,36-38,71H,3-4,10-11,16-22,25-27H2,1-2H3,(H,53,63)(H,55,65)(H,57,64)(H,59,67)(H,60,68)(H,61,66)(H4,51,52,54);(H,6,7)/b56-24-;/t34-,36-,37-,38+,50-;/m0./s1. The van der Waals surface area contributed by atoms with Crippen molar-refractivity contribution in [1.82, 2.24) is 41.5 Å². The van der Waals surface area contributed by atoms with Crippen molar-refractivity contribution < 1.29 is 71.3 Å². The van der Waals surface area contributed by atoms with E-state index in [1.807, 2.05) is 24.3 Å². The number of carbonyl (C=O) groups excluding carboxylic acids is 7. The van der Waals surface area contributed by atoms with Gasteiger partial charge in [-0.1, -0.05) is 67.5 Å². The van der Waals surface area contributed by atoms with E-state index in [-0.39, 0.29) is 101 Å². The SMILES string of the molecule is CC[C@@H]1NC(=O)CNC(=O)[C@H](CCCN=C(N)N)NC(=O)[C@H](CCCC(=O)NCCO/N=C\c2c3c(nc4ccccc24)-c2cc4c(c(=O)n2C3)COC(=O)[C@]4(O)CC)NC(=O)[C@@H](Cc2ccccc2)NC1=O.O=C(O)C(F)(F)F.